The van der Waals surface area contributed by atoms with Crippen LogP contribution in [0.1, 0.15) is 0 Å². The maximum absolute atomic E-state index is 6.85. The normalized spacial score (nSPS) is 12.7. The van der Waals surface area contributed by atoms with Gasteiger partial charge in [0.25, 0.3) is 0 Å². The fourth-order valence-electron chi connectivity index (χ4n) is 7.37. The molecule has 0 atom stereocenters. The van der Waals surface area contributed by atoms with Crippen molar-refractivity contribution in [1.29, 1.82) is 0 Å². The number of hydrogen-bond donors (Lipinski definition) is 0. The topological polar surface area (TPSA) is 23.4 Å². The van der Waals surface area contributed by atoms with Gasteiger partial charge in [-0.2, -0.15) is 0 Å². The average Bonchev–Trinajstić information content (AvgIpc) is 3.46. The lowest BCUT2D eigenvalue weighted by Gasteiger charge is -2.33. The molecule has 0 bridgehead atoms. The number of nitrogens with zero attached hydrogens (tertiary/aromatic N) is 1. The van der Waals surface area contributed by atoms with Gasteiger partial charge in [-0.1, -0.05) is 103 Å². The largest absolute Gasteiger partial charge is 0.551 e. The van der Waals surface area contributed by atoms with Gasteiger partial charge in [-0.3, -0.25) is 0 Å². The summed E-state index contributed by atoms with van der Waals surface area (Å²) in [6.07, 6.45) is 0. The SMILES string of the molecule is c1ccc(-c2cccc(-c3cc4c5c(c3)-c3ccccc3OB5c3cc(-n5c6ccccc6c6ccccc65)ccc3O4)c2)cc1. The predicted octanol–water partition coefficient (Wildman–Crippen LogP) is 9.39. The summed E-state index contributed by atoms with van der Waals surface area (Å²) in [4.78, 5) is 0. The number of aromatic nitrogens is 1. The summed E-state index contributed by atoms with van der Waals surface area (Å²) >= 11 is 0. The summed E-state index contributed by atoms with van der Waals surface area (Å²) < 4.78 is 16.0. The molecule has 0 radical (unpaired) electrons. The summed E-state index contributed by atoms with van der Waals surface area (Å²) in [5.74, 6) is 2.55. The van der Waals surface area contributed by atoms with Gasteiger partial charge in [-0.05, 0) is 82.4 Å². The molecule has 0 spiro atoms. The summed E-state index contributed by atoms with van der Waals surface area (Å²) in [6, 6.07) is 55.8. The molecule has 8 aromatic rings. The third-order valence-corrected chi connectivity index (χ3v) is 9.46. The Labute approximate surface area is 267 Å². The highest BCUT2D eigenvalue weighted by Crippen LogP contribution is 2.42. The van der Waals surface area contributed by atoms with E-state index in [1.165, 1.54) is 32.9 Å². The second-order valence-corrected chi connectivity index (χ2v) is 12.1. The van der Waals surface area contributed by atoms with Crippen molar-refractivity contribution in [1.82, 2.24) is 4.57 Å². The molecule has 46 heavy (non-hydrogen) atoms. The molecule has 0 fully saturated rings. The minimum Gasteiger partial charge on any atom is -0.551 e. The summed E-state index contributed by atoms with van der Waals surface area (Å²) in [6.45, 7) is -0.290. The van der Waals surface area contributed by atoms with Crippen LogP contribution in [0.4, 0.5) is 0 Å². The van der Waals surface area contributed by atoms with Crippen molar-refractivity contribution in [3.63, 3.8) is 0 Å². The zero-order chi connectivity index (χ0) is 30.2. The van der Waals surface area contributed by atoms with Crippen molar-refractivity contribution >= 4 is 39.6 Å². The van der Waals surface area contributed by atoms with E-state index >= 15 is 0 Å². The van der Waals surface area contributed by atoms with Crippen molar-refractivity contribution in [2.24, 2.45) is 0 Å². The molecule has 2 aliphatic rings. The molecule has 3 nitrogen and oxygen atoms in total. The molecule has 0 unspecified atom stereocenters. The van der Waals surface area contributed by atoms with Gasteiger partial charge in [0.2, 0.25) is 0 Å². The fourth-order valence-corrected chi connectivity index (χ4v) is 7.37. The number of hydrogen-bond acceptors (Lipinski definition) is 2. The van der Waals surface area contributed by atoms with E-state index < -0.39 is 0 Å². The van der Waals surface area contributed by atoms with Crippen molar-refractivity contribution in [3.05, 3.63) is 158 Å². The fraction of sp³-hybridized carbons (Fsp3) is 0. The van der Waals surface area contributed by atoms with Crippen molar-refractivity contribution < 1.29 is 9.39 Å². The third kappa shape index (κ3) is 3.74. The molecule has 0 saturated heterocycles. The Balaban J connectivity index is 1.15. The van der Waals surface area contributed by atoms with Gasteiger partial charge < -0.3 is 14.0 Å². The molecule has 0 amide bonds. The Morgan fingerprint density at radius 3 is 1.91 bits per heavy atom. The highest BCUT2D eigenvalue weighted by atomic mass is 16.5. The Kier molecular flexibility index (Phi) is 5.37. The lowest BCUT2D eigenvalue weighted by atomic mass is 9.50. The standard InChI is InChI=1S/C42H26BNO2/c1-2-11-27(12-3-1)28-13-10-14-29(23-28)30-24-35-34-17-6-9-20-39(34)46-43-36-26-31(21-22-40(36)45-41(25-30)42(35)43)44-37-18-7-4-15-32(37)33-16-5-8-19-38(33)44/h1-26H. The second-order valence-electron chi connectivity index (χ2n) is 12.1. The predicted molar refractivity (Wildman–Crippen MR) is 189 cm³/mol. The van der Waals surface area contributed by atoms with Crippen LogP contribution in [0.3, 0.4) is 0 Å². The second kappa shape index (κ2) is 9.75. The van der Waals surface area contributed by atoms with E-state index in [0.717, 1.165) is 56.1 Å². The first kappa shape index (κ1) is 25.3. The first-order chi connectivity index (χ1) is 22.8. The van der Waals surface area contributed by atoms with Gasteiger partial charge in [0.05, 0.1) is 11.0 Å². The van der Waals surface area contributed by atoms with Crippen molar-refractivity contribution in [3.8, 4) is 56.3 Å². The first-order valence-corrected chi connectivity index (χ1v) is 15.7. The van der Waals surface area contributed by atoms with E-state index in [2.05, 4.69) is 156 Å². The van der Waals surface area contributed by atoms with Crippen LogP contribution < -0.4 is 20.3 Å². The summed E-state index contributed by atoms with van der Waals surface area (Å²) in [7, 11) is 0. The highest BCUT2D eigenvalue weighted by molar-refractivity contribution is 6.84. The van der Waals surface area contributed by atoms with E-state index in [9.17, 15) is 0 Å². The Bertz CT molecular complexity index is 2440. The molecular formula is C42H26BNO2. The van der Waals surface area contributed by atoms with Crippen LogP contribution >= 0.6 is 0 Å². The number of rotatable bonds is 3. The molecule has 10 rings (SSSR count). The molecule has 4 heteroatoms. The van der Waals surface area contributed by atoms with Gasteiger partial charge in [0.15, 0.2) is 0 Å². The van der Waals surface area contributed by atoms with Crippen molar-refractivity contribution in [2.45, 2.75) is 0 Å². The molecule has 0 N–H and O–H groups in total. The van der Waals surface area contributed by atoms with Gasteiger partial charge in [0, 0.05) is 32.9 Å². The van der Waals surface area contributed by atoms with E-state index in [1.54, 1.807) is 0 Å². The van der Waals surface area contributed by atoms with Crippen LogP contribution in [-0.4, -0.2) is 11.5 Å². The van der Waals surface area contributed by atoms with E-state index in [0.29, 0.717) is 0 Å². The molecule has 0 aliphatic carbocycles. The zero-order valence-electron chi connectivity index (χ0n) is 24.9. The van der Waals surface area contributed by atoms with Gasteiger partial charge in [-0.15, -0.1) is 0 Å². The number of fused-ring (bicyclic) bond motifs is 7. The number of benzene rings is 7. The maximum Gasteiger partial charge on any atom is 0.434 e. The lowest BCUT2D eigenvalue weighted by molar-refractivity contribution is 0.479. The van der Waals surface area contributed by atoms with Crippen LogP contribution in [0.25, 0.3) is 60.9 Å². The molecular weight excluding hydrogens is 561 g/mol. The van der Waals surface area contributed by atoms with E-state index in [1.807, 2.05) is 6.07 Å². The van der Waals surface area contributed by atoms with Gasteiger partial charge in [-0.25, -0.2) is 0 Å². The molecule has 3 heterocycles. The molecule has 7 aromatic carbocycles. The Hall–Kier alpha value is -6.00. The minimum atomic E-state index is -0.290. The van der Waals surface area contributed by atoms with Crippen LogP contribution in [-0.2, 0) is 0 Å². The maximum atomic E-state index is 6.85. The van der Waals surface area contributed by atoms with Crippen LogP contribution in [0.15, 0.2) is 158 Å². The van der Waals surface area contributed by atoms with Crippen LogP contribution in [0.5, 0.6) is 17.2 Å². The third-order valence-electron chi connectivity index (χ3n) is 9.46. The van der Waals surface area contributed by atoms with Gasteiger partial charge >= 0.3 is 6.92 Å². The zero-order valence-corrected chi connectivity index (χ0v) is 24.9. The first-order valence-electron chi connectivity index (χ1n) is 15.7. The average molecular weight is 587 g/mol. The quantitative estimate of drug-likeness (QED) is 0.192. The number of para-hydroxylation sites is 3. The summed E-state index contributed by atoms with van der Waals surface area (Å²) in [5, 5.41) is 2.48. The van der Waals surface area contributed by atoms with E-state index in [4.69, 9.17) is 9.39 Å². The van der Waals surface area contributed by atoms with Crippen molar-refractivity contribution in [2.75, 3.05) is 0 Å². The Morgan fingerprint density at radius 1 is 0.435 bits per heavy atom. The van der Waals surface area contributed by atoms with Crippen LogP contribution in [0.2, 0.25) is 0 Å². The molecule has 214 valence electrons. The van der Waals surface area contributed by atoms with E-state index in [-0.39, 0.29) is 6.92 Å². The van der Waals surface area contributed by atoms with Gasteiger partial charge in [0.1, 0.15) is 17.2 Å². The smallest absolute Gasteiger partial charge is 0.434 e. The molecule has 1 aromatic heterocycles. The minimum absolute atomic E-state index is 0.290. The van der Waals surface area contributed by atoms with Crippen LogP contribution in [0, 0.1) is 0 Å². The monoisotopic (exact) mass is 587 g/mol. The molecule has 0 saturated carbocycles. The highest BCUT2D eigenvalue weighted by Gasteiger charge is 2.41. The summed E-state index contributed by atoms with van der Waals surface area (Å²) in [5.41, 5.74) is 12.4. The Morgan fingerprint density at radius 2 is 1.11 bits per heavy atom. The number of ether oxygens (including phenoxy) is 1. The molecule has 2 aliphatic heterocycles. The lowest BCUT2D eigenvalue weighted by Crippen LogP contribution is -2.53.